The number of nitrogens with zero attached hydrogens (tertiary/aromatic N) is 2. The molecule has 1 atom stereocenters. The van der Waals surface area contributed by atoms with Crippen LogP contribution in [0.25, 0.3) is 0 Å². The molecule has 1 aromatic heterocycles. The van der Waals surface area contributed by atoms with Gasteiger partial charge in [-0.05, 0) is 19.4 Å². The summed E-state index contributed by atoms with van der Waals surface area (Å²) in [5.74, 6) is -1.18. The number of esters is 2. The van der Waals surface area contributed by atoms with Gasteiger partial charge in [-0.3, -0.25) is 0 Å². The lowest BCUT2D eigenvalue weighted by Crippen LogP contribution is -2.23. The van der Waals surface area contributed by atoms with Crippen molar-refractivity contribution in [2.45, 2.75) is 32.9 Å². The number of ether oxygens (including phenoxy) is 2. The van der Waals surface area contributed by atoms with Crippen LogP contribution in [0.5, 0.6) is 0 Å². The number of hydrogen-bond acceptors (Lipinski definition) is 5. The summed E-state index contributed by atoms with van der Waals surface area (Å²) in [6.45, 7) is 4.40. The molecule has 0 saturated carbocycles. The lowest BCUT2D eigenvalue weighted by Gasteiger charge is -2.08. The van der Waals surface area contributed by atoms with Crippen molar-refractivity contribution >= 4 is 23.5 Å². The number of cyclic esters (lactones) is 1. The lowest BCUT2D eigenvalue weighted by atomic mass is 10.1. The first kappa shape index (κ1) is 16.5. The Morgan fingerprint density at radius 3 is 2.71 bits per heavy atom. The van der Waals surface area contributed by atoms with Crippen LogP contribution in [0.4, 0.5) is 0 Å². The minimum atomic E-state index is -0.867. The van der Waals surface area contributed by atoms with Gasteiger partial charge >= 0.3 is 11.9 Å². The Morgan fingerprint density at radius 2 is 2.08 bits per heavy atom. The van der Waals surface area contributed by atoms with E-state index in [4.69, 9.17) is 21.1 Å². The highest BCUT2D eigenvalue weighted by Crippen LogP contribution is 2.23. The highest BCUT2D eigenvalue weighted by atomic mass is 35.5. The molecule has 0 aliphatic carbocycles. The van der Waals surface area contributed by atoms with E-state index >= 15 is 0 Å². The highest BCUT2D eigenvalue weighted by Gasteiger charge is 2.32. The monoisotopic (exact) mass is 348 g/mol. The largest absolute Gasteiger partial charge is 0.463 e. The van der Waals surface area contributed by atoms with Crippen LogP contribution in [0.2, 0.25) is 5.15 Å². The van der Waals surface area contributed by atoms with Gasteiger partial charge < -0.3 is 9.47 Å². The molecule has 126 valence electrons. The number of carbonyl (C=O) groups excluding carboxylic acids is 2. The topological polar surface area (TPSA) is 70.4 Å². The summed E-state index contributed by atoms with van der Waals surface area (Å²) < 4.78 is 11.5. The van der Waals surface area contributed by atoms with Crippen molar-refractivity contribution in [2.75, 3.05) is 6.61 Å². The van der Waals surface area contributed by atoms with E-state index in [1.165, 1.54) is 0 Å². The van der Waals surface area contributed by atoms with Crippen LogP contribution in [0.1, 0.15) is 33.6 Å². The lowest BCUT2D eigenvalue weighted by molar-refractivity contribution is -0.145. The summed E-state index contributed by atoms with van der Waals surface area (Å²) in [6, 6.07) is 7.96. The first-order valence-electron chi connectivity index (χ1n) is 7.62. The molecule has 2 heterocycles. The van der Waals surface area contributed by atoms with Crippen LogP contribution in [0, 0.1) is 13.8 Å². The predicted molar refractivity (Wildman–Crippen MR) is 87.0 cm³/mol. The minimum absolute atomic E-state index is 0.184. The first-order chi connectivity index (χ1) is 11.5. The molecular formula is C17H17ClN2O4. The number of aromatic nitrogens is 2. The molecule has 2 aromatic rings. The molecule has 0 radical (unpaired) electrons. The third-order valence-electron chi connectivity index (χ3n) is 3.86. The average Bonchev–Trinajstić information content (AvgIpc) is 3.05. The Bertz CT molecular complexity index is 783. The molecular weight excluding hydrogens is 332 g/mol. The van der Waals surface area contributed by atoms with Gasteiger partial charge in [0.2, 0.25) is 6.10 Å². The van der Waals surface area contributed by atoms with Crippen LogP contribution in [-0.4, -0.2) is 34.4 Å². The quantitative estimate of drug-likeness (QED) is 0.794. The van der Waals surface area contributed by atoms with Crippen molar-refractivity contribution in [1.82, 2.24) is 9.78 Å². The molecule has 0 amide bonds. The van der Waals surface area contributed by atoms with Crippen LogP contribution >= 0.6 is 11.6 Å². The van der Waals surface area contributed by atoms with Gasteiger partial charge in [0.05, 0.1) is 18.8 Å². The Labute approximate surface area is 144 Å². The molecule has 3 rings (SSSR count). The SMILES string of the molecule is Cc1ccc(Cn2nc(C)c(C(=O)O[C@@H]3CCOC3=O)c2Cl)cc1. The molecule has 24 heavy (non-hydrogen) atoms. The number of rotatable bonds is 4. The van der Waals surface area contributed by atoms with Crippen molar-refractivity contribution in [3.05, 3.63) is 51.8 Å². The Hall–Kier alpha value is -2.34. The fraction of sp³-hybridized carbons (Fsp3) is 0.353. The normalized spacial score (nSPS) is 17.0. The Morgan fingerprint density at radius 1 is 1.38 bits per heavy atom. The van der Waals surface area contributed by atoms with E-state index in [1.807, 2.05) is 31.2 Å². The van der Waals surface area contributed by atoms with E-state index < -0.39 is 18.0 Å². The number of hydrogen-bond donors (Lipinski definition) is 0. The third kappa shape index (κ3) is 3.28. The second-order valence-corrected chi connectivity index (χ2v) is 6.10. The number of benzene rings is 1. The van der Waals surface area contributed by atoms with Gasteiger partial charge in [-0.1, -0.05) is 41.4 Å². The predicted octanol–water partition coefficient (Wildman–Crippen LogP) is 2.67. The average molecular weight is 349 g/mol. The van der Waals surface area contributed by atoms with E-state index in [1.54, 1.807) is 11.6 Å². The smallest absolute Gasteiger partial charge is 0.347 e. The molecule has 6 nitrogen and oxygen atoms in total. The first-order valence-corrected chi connectivity index (χ1v) is 7.99. The summed E-state index contributed by atoms with van der Waals surface area (Å²) in [4.78, 5) is 23.8. The van der Waals surface area contributed by atoms with E-state index in [0.717, 1.165) is 11.1 Å². The zero-order valence-corrected chi connectivity index (χ0v) is 14.2. The minimum Gasteiger partial charge on any atom is -0.463 e. The fourth-order valence-corrected chi connectivity index (χ4v) is 2.84. The Kier molecular flexibility index (Phi) is 4.57. The van der Waals surface area contributed by atoms with Gasteiger partial charge in [-0.15, -0.1) is 0 Å². The molecule has 1 aliphatic rings. The fourth-order valence-electron chi connectivity index (χ4n) is 2.53. The summed E-state index contributed by atoms with van der Waals surface area (Å²) in [5.41, 5.74) is 2.82. The zero-order valence-electron chi connectivity index (χ0n) is 13.4. The van der Waals surface area contributed by atoms with Gasteiger partial charge in [0.25, 0.3) is 0 Å². The van der Waals surface area contributed by atoms with Crippen LogP contribution < -0.4 is 0 Å². The van der Waals surface area contributed by atoms with E-state index in [2.05, 4.69) is 5.10 Å². The standard InChI is InChI=1S/C17H17ClN2O4/c1-10-3-5-12(6-4-10)9-20-15(18)14(11(2)19-20)17(22)24-13-7-8-23-16(13)21/h3-6,13H,7-9H2,1-2H3/t13-/m1/s1. The molecule has 0 spiro atoms. The van der Waals surface area contributed by atoms with Gasteiger partial charge in [-0.25, -0.2) is 14.3 Å². The van der Waals surface area contributed by atoms with Crippen LogP contribution in [-0.2, 0) is 20.8 Å². The summed E-state index contributed by atoms with van der Waals surface area (Å²) in [6.07, 6.45) is -0.507. The van der Waals surface area contributed by atoms with Crippen molar-refractivity contribution in [2.24, 2.45) is 0 Å². The number of halogens is 1. The van der Waals surface area contributed by atoms with Gasteiger partial charge in [-0.2, -0.15) is 5.10 Å². The van der Waals surface area contributed by atoms with Crippen molar-refractivity contribution in [1.29, 1.82) is 0 Å². The van der Waals surface area contributed by atoms with Crippen molar-refractivity contribution in [3.63, 3.8) is 0 Å². The number of carbonyl (C=O) groups is 2. The van der Waals surface area contributed by atoms with Gasteiger partial charge in [0.1, 0.15) is 10.7 Å². The van der Waals surface area contributed by atoms with E-state index in [0.29, 0.717) is 18.7 Å². The molecule has 1 saturated heterocycles. The van der Waals surface area contributed by atoms with Crippen LogP contribution in [0.15, 0.2) is 24.3 Å². The maximum atomic E-state index is 12.3. The van der Waals surface area contributed by atoms with Crippen LogP contribution in [0.3, 0.4) is 0 Å². The van der Waals surface area contributed by atoms with E-state index in [9.17, 15) is 9.59 Å². The van der Waals surface area contributed by atoms with Gasteiger partial charge in [0.15, 0.2) is 0 Å². The molecule has 0 unspecified atom stereocenters. The zero-order chi connectivity index (χ0) is 17.3. The van der Waals surface area contributed by atoms with E-state index in [-0.39, 0.29) is 17.3 Å². The number of aryl methyl sites for hydroxylation is 2. The second kappa shape index (κ2) is 6.65. The molecule has 1 fully saturated rings. The van der Waals surface area contributed by atoms with Crippen molar-refractivity contribution < 1.29 is 19.1 Å². The molecule has 1 aromatic carbocycles. The van der Waals surface area contributed by atoms with Crippen molar-refractivity contribution in [3.8, 4) is 0 Å². The maximum absolute atomic E-state index is 12.3. The molecule has 7 heteroatoms. The molecule has 1 aliphatic heterocycles. The van der Waals surface area contributed by atoms with Gasteiger partial charge in [0, 0.05) is 6.42 Å². The molecule has 0 N–H and O–H groups in total. The Balaban J connectivity index is 1.79. The summed E-state index contributed by atoms with van der Waals surface area (Å²) in [7, 11) is 0. The second-order valence-electron chi connectivity index (χ2n) is 5.74. The summed E-state index contributed by atoms with van der Waals surface area (Å²) in [5, 5.41) is 4.51. The highest BCUT2D eigenvalue weighted by molar-refractivity contribution is 6.32. The molecule has 0 bridgehead atoms. The summed E-state index contributed by atoms with van der Waals surface area (Å²) >= 11 is 6.31. The maximum Gasteiger partial charge on any atom is 0.347 e. The third-order valence-corrected chi connectivity index (χ3v) is 4.24.